The number of guanidine groups is 1. The molecule has 0 aromatic heterocycles. The van der Waals surface area contributed by atoms with Gasteiger partial charge in [0.15, 0.2) is 18.2 Å². The number of halogens is 1. The van der Waals surface area contributed by atoms with Crippen LogP contribution in [0.5, 0.6) is 5.75 Å². The highest BCUT2D eigenvalue weighted by molar-refractivity contribution is 6.30. The molecule has 36 heavy (non-hydrogen) atoms. The topological polar surface area (TPSA) is 144 Å². The number of aliphatic hydroxyl groups is 1. The van der Waals surface area contributed by atoms with E-state index in [1.165, 1.54) is 16.8 Å². The van der Waals surface area contributed by atoms with Crippen molar-refractivity contribution in [1.82, 2.24) is 20.4 Å². The molecule has 2 aromatic rings. The van der Waals surface area contributed by atoms with Crippen LogP contribution in [0, 0.1) is 0 Å². The Labute approximate surface area is 212 Å². The zero-order valence-corrected chi connectivity index (χ0v) is 20.1. The van der Waals surface area contributed by atoms with E-state index in [4.69, 9.17) is 16.3 Å². The number of carbonyl (C=O) groups excluding carboxylic acids is 2. The van der Waals surface area contributed by atoms with Crippen LogP contribution in [0.1, 0.15) is 5.56 Å². The molecule has 4 unspecified atom stereocenters. The molecule has 1 saturated heterocycles. The van der Waals surface area contributed by atoms with E-state index in [0.29, 0.717) is 10.8 Å². The second kappa shape index (κ2) is 10.8. The Morgan fingerprint density at radius 1 is 1.19 bits per heavy atom. The third-order valence-electron chi connectivity index (χ3n) is 5.91. The van der Waals surface area contributed by atoms with E-state index < -0.39 is 42.3 Å². The molecular formula is C24H26ClN5O6. The number of rotatable bonds is 9. The van der Waals surface area contributed by atoms with Crippen molar-refractivity contribution in [3.8, 4) is 5.75 Å². The molecule has 4 rings (SSSR count). The van der Waals surface area contributed by atoms with Crippen LogP contribution in [-0.4, -0.2) is 88.4 Å². The molecule has 2 heterocycles. The van der Waals surface area contributed by atoms with Gasteiger partial charge in [-0.05, 0) is 29.8 Å². The number of β-amino-alcohol motifs (C(OH)–C–C–N with tert-alkyl or cyclic N) is 1. The van der Waals surface area contributed by atoms with E-state index in [-0.39, 0.29) is 25.5 Å². The number of aliphatic imine (C=N–C) groups is 1. The number of carboxylic acid groups (broad SMARTS) is 1. The molecule has 1 fully saturated rings. The molecule has 3 amide bonds. The Hall–Kier alpha value is -3.83. The molecule has 2 aliphatic rings. The van der Waals surface area contributed by atoms with E-state index in [9.17, 15) is 24.6 Å². The standard InChI is InChI=1S/C24H26ClN5O6/c1-29-20-19(21(32)28-24(29)35)30(12-16(31)13-36-17-9-7-15(25)8-10-17)23(27-20)26-18(22(33)34)11-14-5-3-2-4-6-14/h2-10,16,18-20,31H,11-13H2,1H3,(H,26,27)(H,33,34)(H,28,32,35). The van der Waals surface area contributed by atoms with Gasteiger partial charge in [-0.2, -0.15) is 0 Å². The van der Waals surface area contributed by atoms with Crippen molar-refractivity contribution in [1.29, 1.82) is 0 Å². The van der Waals surface area contributed by atoms with Gasteiger partial charge in [0.2, 0.25) is 0 Å². The summed E-state index contributed by atoms with van der Waals surface area (Å²) in [7, 11) is 1.49. The summed E-state index contributed by atoms with van der Waals surface area (Å²) in [5.74, 6) is -1.11. The molecule has 190 valence electrons. The number of benzene rings is 2. The predicted molar refractivity (Wildman–Crippen MR) is 131 cm³/mol. The second-order valence-corrected chi connectivity index (χ2v) is 8.95. The summed E-state index contributed by atoms with van der Waals surface area (Å²) in [6.07, 6.45) is -1.80. The van der Waals surface area contributed by atoms with Gasteiger partial charge in [-0.15, -0.1) is 0 Å². The summed E-state index contributed by atoms with van der Waals surface area (Å²) in [6.45, 7) is -0.209. The highest BCUT2D eigenvalue weighted by Gasteiger charge is 2.49. The lowest BCUT2D eigenvalue weighted by Crippen LogP contribution is -2.65. The number of ether oxygens (including phenoxy) is 1. The maximum absolute atomic E-state index is 12.7. The van der Waals surface area contributed by atoms with Crippen LogP contribution in [0.3, 0.4) is 0 Å². The summed E-state index contributed by atoms with van der Waals surface area (Å²) in [6, 6.07) is 13.1. The molecule has 2 aliphatic heterocycles. The number of amides is 3. The van der Waals surface area contributed by atoms with E-state index in [2.05, 4.69) is 15.6 Å². The zero-order chi connectivity index (χ0) is 25.8. The molecule has 0 bridgehead atoms. The van der Waals surface area contributed by atoms with Gasteiger partial charge in [-0.1, -0.05) is 41.9 Å². The SMILES string of the molecule is CN1C(=O)NC(=O)C2C1N=C(NC(Cc1ccccc1)C(=O)O)N2CC(O)COc1ccc(Cl)cc1. The number of aliphatic carboxylic acids is 1. The number of urea groups is 1. The summed E-state index contributed by atoms with van der Waals surface area (Å²) in [5.41, 5.74) is 0.793. The Morgan fingerprint density at radius 2 is 1.89 bits per heavy atom. The summed E-state index contributed by atoms with van der Waals surface area (Å²) >= 11 is 5.88. The number of fused-ring (bicyclic) bond motifs is 1. The zero-order valence-electron chi connectivity index (χ0n) is 19.4. The summed E-state index contributed by atoms with van der Waals surface area (Å²) in [5, 5.41) is 26.3. The smallest absolute Gasteiger partial charge is 0.326 e. The van der Waals surface area contributed by atoms with Crippen molar-refractivity contribution in [3.05, 3.63) is 65.2 Å². The molecule has 0 aliphatic carbocycles. The third kappa shape index (κ3) is 5.69. The summed E-state index contributed by atoms with van der Waals surface area (Å²) < 4.78 is 5.61. The number of carbonyl (C=O) groups is 3. The molecule has 11 nitrogen and oxygen atoms in total. The van der Waals surface area contributed by atoms with Gasteiger partial charge >= 0.3 is 12.0 Å². The van der Waals surface area contributed by atoms with Crippen molar-refractivity contribution in [2.24, 2.45) is 4.99 Å². The molecule has 4 N–H and O–H groups in total. The van der Waals surface area contributed by atoms with Gasteiger partial charge < -0.3 is 30.1 Å². The Balaban J connectivity index is 1.52. The van der Waals surface area contributed by atoms with Crippen LogP contribution in [0.4, 0.5) is 4.79 Å². The van der Waals surface area contributed by atoms with Crippen molar-refractivity contribution in [2.45, 2.75) is 30.8 Å². The van der Waals surface area contributed by atoms with Gasteiger partial charge in [-0.25, -0.2) is 14.6 Å². The van der Waals surface area contributed by atoms with Crippen molar-refractivity contribution in [2.75, 3.05) is 20.2 Å². The van der Waals surface area contributed by atoms with Gasteiger partial charge in [-0.3, -0.25) is 10.1 Å². The largest absolute Gasteiger partial charge is 0.491 e. The number of imide groups is 1. The van der Waals surface area contributed by atoms with Crippen LogP contribution < -0.4 is 15.4 Å². The number of likely N-dealkylation sites (N-methyl/N-ethyl adjacent to an activating group) is 1. The number of nitrogens with zero attached hydrogens (tertiary/aromatic N) is 3. The Morgan fingerprint density at radius 3 is 2.56 bits per heavy atom. The normalized spacial score (nSPS) is 20.8. The van der Waals surface area contributed by atoms with Crippen LogP contribution in [-0.2, 0) is 16.0 Å². The van der Waals surface area contributed by atoms with Crippen molar-refractivity contribution >= 4 is 35.5 Å². The minimum atomic E-state index is -1.11. The van der Waals surface area contributed by atoms with E-state index in [0.717, 1.165) is 5.56 Å². The van der Waals surface area contributed by atoms with Crippen LogP contribution >= 0.6 is 11.6 Å². The molecule has 0 spiro atoms. The van der Waals surface area contributed by atoms with Gasteiger partial charge in [0.05, 0.1) is 6.54 Å². The van der Waals surface area contributed by atoms with Crippen LogP contribution in [0.25, 0.3) is 0 Å². The molecule has 0 saturated carbocycles. The molecule has 4 atom stereocenters. The molecule has 2 aromatic carbocycles. The first-order valence-electron chi connectivity index (χ1n) is 11.2. The highest BCUT2D eigenvalue weighted by atomic mass is 35.5. The Bertz CT molecular complexity index is 1150. The maximum Gasteiger partial charge on any atom is 0.326 e. The second-order valence-electron chi connectivity index (χ2n) is 8.51. The van der Waals surface area contributed by atoms with Gasteiger partial charge in [0.1, 0.15) is 24.5 Å². The fraction of sp³-hybridized carbons (Fsp3) is 0.333. The molecule has 12 heteroatoms. The Kier molecular flexibility index (Phi) is 7.61. The lowest BCUT2D eigenvalue weighted by Gasteiger charge is -2.37. The first-order chi connectivity index (χ1) is 17.2. The van der Waals surface area contributed by atoms with Crippen LogP contribution in [0.2, 0.25) is 5.02 Å². The number of hydrogen-bond acceptors (Lipinski definition) is 8. The fourth-order valence-corrected chi connectivity index (χ4v) is 4.18. The maximum atomic E-state index is 12.7. The predicted octanol–water partition coefficient (Wildman–Crippen LogP) is 0.913. The van der Waals surface area contributed by atoms with E-state index >= 15 is 0 Å². The van der Waals surface area contributed by atoms with E-state index in [1.54, 1.807) is 24.3 Å². The van der Waals surface area contributed by atoms with Gasteiger partial charge in [0.25, 0.3) is 5.91 Å². The number of carboxylic acids is 1. The summed E-state index contributed by atoms with van der Waals surface area (Å²) in [4.78, 5) is 44.1. The lowest BCUT2D eigenvalue weighted by molar-refractivity contribution is -0.139. The third-order valence-corrected chi connectivity index (χ3v) is 6.16. The average Bonchev–Trinajstić information content (AvgIpc) is 3.20. The first kappa shape index (κ1) is 25.3. The fourth-order valence-electron chi connectivity index (χ4n) is 4.05. The van der Waals surface area contributed by atoms with E-state index in [1.807, 2.05) is 30.3 Å². The minimum absolute atomic E-state index is 0.0931. The highest BCUT2D eigenvalue weighted by Crippen LogP contribution is 2.24. The lowest BCUT2D eigenvalue weighted by atomic mass is 10.1. The molecular weight excluding hydrogens is 490 g/mol. The quantitative estimate of drug-likeness (QED) is 0.386. The monoisotopic (exact) mass is 515 g/mol. The number of nitrogens with one attached hydrogen (secondary N) is 2. The van der Waals surface area contributed by atoms with Crippen molar-refractivity contribution < 1.29 is 29.3 Å². The number of aliphatic hydroxyl groups excluding tert-OH is 1. The first-order valence-corrected chi connectivity index (χ1v) is 11.6. The number of hydrogen-bond donors (Lipinski definition) is 4. The van der Waals surface area contributed by atoms with Crippen LogP contribution in [0.15, 0.2) is 59.6 Å². The van der Waals surface area contributed by atoms with Crippen molar-refractivity contribution in [3.63, 3.8) is 0 Å². The molecule has 0 radical (unpaired) electrons. The minimum Gasteiger partial charge on any atom is -0.491 e. The van der Waals surface area contributed by atoms with Gasteiger partial charge in [0, 0.05) is 18.5 Å². The average molecular weight is 516 g/mol.